The monoisotopic (exact) mass is 446 g/mol. The molecule has 0 amide bonds. The lowest BCUT2D eigenvalue weighted by atomic mass is 9.78. The van der Waals surface area contributed by atoms with Crippen LogP contribution in [0, 0.1) is 12.5 Å². The van der Waals surface area contributed by atoms with Crippen LogP contribution in [0.1, 0.15) is 61.3 Å². The Bertz CT molecular complexity index is 1470. The highest BCUT2D eigenvalue weighted by Crippen LogP contribution is 2.41. The molecule has 3 aliphatic heterocycles. The van der Waals surface area contributed by atoms with Crippen LogP contribution in [0.25, 0.3) is 46.4 Å². The minimum atomic E-state index is 0.601. The highest BCUT2D eigenvalue weighted by Gasteiger charge is 2.34. The van der Waals surface area contributed by atoms with Crippen molar-refractivity contribution in [1.82, 2.24) is 19.9 Å². The summed E-state index contributed by atoms with van der Waals surface area (Å²) in [4.78, 5) is 19.4. The van der Waals surface area contributed by atoms with Crippen LogP contribution < -0.4 is 4.90 Å². The van der Waals surface area contributed by atoms with Crippen LogP contribution in [0.2, 0.25) is 0 Å². The lowest BCUT2D eigenvalue weighted by Gasteiger charge is -2.44. The zero-order valence-corrected chi connectivity index (χ0v) is 19.2. The van der Waals surface area contributed by atoms with Gasteiger partial charge in [-0.15, -0.1) is 0 Å². The Labute approximate surface area is 199 Å². The van der Waals surface area contributed by atoms with Crippen LogP contribution in [0.4, 0.5) is 5.69 Å². The number of nitrogens with one attached hydrogen (secondary N) is 2. The molecule has 1 radical (unpaired) electrons. The van der Waals surface area contributed by atoms with E-state index in [2.05, 4.69) is 88.2 Å². The summed E-state index contributed by atoms with van der Waals surface area (Å²) in [6, 6.07) is 15.6. The number of anilines is 1. The number of aromatic nitrogens is 4. The number of nitrogens with zero attached hydrogens (tertiary/aromatic N) is 3. The van der Waals surface area contributed by atoms with Gasteiger partial charge in [-0.05, 0) is 98.4 Å². The van der Waals surface area contributed by atoms with Crippen molar-refractivity contribution in [2.45, 2.75) is 44.6 Å². The fraction of sp³-hybridized carbons (Fsp3) is 0.276. The topological polar surface area (TPSA) is 60.6 Å². The second-order valence-corrected chi connectivity index (χ2v) is 9.84. The molecule has 0 aromatic carbocycles. The summed E-state index contributed by atoms with van der Waals surface area (Å²) in [7, 11) is 0. The van der Waals surface area contributed by atoms with E-state index in [0.717, 1.165) is 57.2 Å². The average Bonchev–Trinajstić information content (AvgIpc) is 3.64. The lowest BCUT2D eigenvalue weighted by molar-refractivity contribution is 0.259. The van der Waals surface area contributed by atoms with Crippen molar-refractivity contribution in [2.24, 2.45) is 5.92 Å². The molecule has 1 saturated carbocycles. The minimum Gasteiger partial charge on any atom is -0.361 e. The van der Waals surface area contributed by atoms with Crippen LogP contribution in [0.5, 0.6) is 0 Å². The number of piperidine rings is 1. The van der Waals surface area contributed by atoms with E-state index in [4.69, 9.17) is 9.97 Å². The summed E-state index contributed by atoms with van der Waals surface area (Å²) in [5.41, 5.74) is 9.36. The molecular formula is C29H28N5. The molecule has 3 aromatic rings. The maximum absolute atomic E-state index is 4.87. The van der Waals surface area contributed by atoms with Gasteiger partial charge in [0.05, 0.1) is 34.0 Å². The number of fused-ring (bicyclic) bond motifs is 9. The summed E-state index contributed by atoms with van der Waals surface area (Å²) in [5, 5.41) is 0. The molecule has 7 rings (SSSR count). The fourth-order valence-corrected chi connectivity index (χ4v) is 5.95. The van der Waals surface area contributed by atoms with Crippen molar-refractivity contribution < 1.29 is 0 Å². The van der Waals surface area contributed by atoms with Gasteiger partial charge in [0.15, 0.2) is 0 Å². The third kappa shape index (κ3) is 3.65. The van der Waals surface area contributed by atoms with E-state index in [1.807, 2.05) is 0 Å². The van der Waals surface area contributed by atoms with Crippen LogP contribution in [0.3, 0.4) is 0 Å². The molecule has 34 heavy (non-hydrogen) atoms. The van der Waals surface area contributed by atoms with Gasteiger partial charge in [-0.25, -0.2) is 9.97 Å². The number of aromatic amines is 2. The zero-order valence-electron chi connectivity index (χ0n) is 19.2. The molecule has 2 atom stereocenters. The summed E-state index contributed by atoms with van der Waals surface area (Å²) in [6.07, 6.45) is 16.2. The summed E-state index contributed by atoms with van der Waals surface area (Å²) in [5.74, 6) is 0.800. The molecule has 2 unspecified atom stereocenters. The Morgan fingerprint density at radius 1 is 0.676 bits per heavy atom. The number of H-pyrrole nitrogens is 2. The number of hydrogen-bond acceptors (Lipinski definition) is 3. The Morgan fingerprint density at radius 3 is 2.06 bits per heavy atom. The van der Waals surface area contributed by atoms with E-state index in [9.17, 15) is 0 Å². The first-order chi connectivity index (χ1) is 16.8. The van der Waals surface area contributed by atoms with E-state index in [1.165, 1.54) is 37.8 Å². The SMILES string of the molecule is [CH]1CCC2CCCCC2N1c1cc2cc3nc(cc4ccc(cc5nc(cc1[nH]2)C=C5)[nH]4)C=C3. The van der Waals surface area contributed by atoms with E-state index in [1.54, 1.807) is 0 Å². The molecule has 6 heterocycles. The van der Waals surface area contributed by atoms with Gasteiger partial charge in [0, 0.05) is 29.1 Å². The first kappa shape index (κ1) is 19.8. The molecule has 1 saturated heterocycles. The quantitative estimate of drug-likeness (QED) is 0.292. The summed E-state index contributed by atoms with van der Waals surface area (Å²) in [6.45, 7) is 2.42. The molecule has 8 bridgehead atoms. The summed E-state index contributed by atoms with van der Waals surface area (Å²) < 4.78 is 0. The van der Waals surface area contributed by atoms with Crippen molar-refractivity contribution in [1.29, 1.82) is 0 Å². The largest absolute Gasteiger partial charge is 0.361 e. The highest BCUT2D eigenvalue weighted by molar-refractivity contribution is 5.85. The van der Waals surface area contributed by atoms with Crippen LogP contribution in [0.15, 0.2) is 42.5 Å². The van der Waals surface area contributed by atoms with Gasteiger partial charge in [0.25, 0.3) is 0 Å². The Morgan fingerprint density at radius 2 is 1.32 bits per heavy atom. The molecule has 169 valence electrons. The Kier molecular flexibility index (Phi) is 4.67. The third-order valence-electron chi connectivity index (χ3n) is 7.51. The third-order valence-corrected chi connectivity index (χ3v) is 7.51. The van der Waals surface area contributed by atoms with Gasteiger partial charge >= 0.3 is 0 Å². The van der Waals surface area contributed by atoms with Crippen LogP contribution in [-0.4, -0.2) is 26.0 Å². The van der Waals surface area contributed by atoms with Crippen LogP contribution in [-0.2, 0) is 0 Å². The molecule has 2 fully saturated rings. The Hall–Kier alpha value is -3.60. The maximum atomic E-state index is 4.87. The lowest BCUT2D eigenvalue weighted by Crippen LogP contribution is -2.44. The molecular weight excluding hydrogens is 418 g/mol. The van der Waals surface area contributed by atoms with Gasteiger partial charge in [-0.2, -0.15) is 0 Å². The van der Waals surface area contributed by atoms with Crippen molar-refractivity contribution >= 4 is 52.1 Å². The second-order valence-electron chi connectivity index (χ2n) is 9.84. The highest BCUT2D eigenvalue weighted by atomic mass is 15.2. The van der Waals surface area contributed by atoms with Crippen molar-refractivity contribution in [2.75, 3.05) is 4.90 Å². The van der Waals surface area contributed by atoms with E-state index in [-0.39, 0.29) is 0 Å². The molecule has 3 aromatic heterocycles. The zero-order chi connectivity index (χ0) is 22.5. The predicted molar refractivity (Wildman–Crippen MR) is 141 cm³/mol. The van der Waals surface area contributed by atoms with Gasteiger partial charge < -0.3 is 14.9 Å². The molecule has 2 N–H and O–H groups in total. The van der Waals surface area contributed by atoms with E-state index >= 15 is 0 Å². The molecule has 5 heteroatoms. The molecule has 0 spiro atoms. The summed E-state index contributed by atoms with van der Waals surface area (Å²) >= 11 is 0. The minimum absolute atomic E-state index is 0.601. The number of rotatable bonds is 1. The van der Waals surface area contributed by atoms with E-state index in [0.29, 0.717) is 6.04 Å². The molecule has 5 nitrogen and oxygen atoms in total. The molecule has 4 aliphatic rings. The first-order valence-electron chi connectivity index (χ1n) is 12.5. The van der Waals surface area contributed by atoms with Crippen LogP contribution >= 0.6 is 0 Å². The van der Waals surface area contributed by atoms with Crippen molar-refractivity contribution in [3.05, 3.63) is 71.8 Å². The normalized spacial score (nSPS) is 21.6. The van der Waals surface area contributed by atoms with Crippen molar-refractivity contribution in [3.8, 4) is 0 Å². The average molecular weight is 447 g/mol. The smallest absolute Gasteiger partial charge is 0.0659 e. The van der Waals surface area contributed by atoms with E-state index < -0.39 is 0 Å². The van der Waals surface area contributed by atoms with Gasteiger partial charge in [0.2, 0.25) is 0 Å². The second kappa shape index (κ2) is 8.01. The fourth-order valence-electron chi connectivity index (χ4n) is 5.95. The van der Waals surface area contributed by atoms with Gasteiger partial charge in [0.1, 0.15) is 0 Å². The van der Waals surface area contributed by atoms with Gasteiger partial charge in [-0.3, -0.25) is 0 Å². The Balaban J connectivity index is 1.45. The van der Waals surface area contributed by atoms with Gasteiger partial charge in [-0.1, -0.05) is 12.8 Å². The predicted octanol–water partition coefficient (Wildman–Crippen LogP) is 6.98. The number of hydrogen-bond donors (Lipinski definition) is 2. The maximum Gasteiger partial charge on any atom is 0.0659 e. The van der Waals surface area contributed by atoms with Crippen molar-refractivity contribution in [3.63, 3.8) is 0 Å². The first-order valence-corrected chi connectivity index (χ1v) is 12.5. The standard InChI is InChI=1S/C29H28N5/c1-2-6-28-19(4-1)5-3-13-34(28)29-18-26-16-24-10-9-22(31-24)14-20-7-8-21(30-20)15-23-11-12-25(32-23)17-27(29)33-26/h7-19,28,30,33H,1-6H2. The molecule has 1 aliphatic carbocycles.